The Balaban J connectivity index is 1.28. The largest absolute Gasteiger partial charge is 0.308 e. The van der Waals surface area contributed by atoms with Crippen molar-refractivity contribution in [1.29, 1.82) is 0 Å². The molecule has 10 rings (SSSR count). The number of rotatable bonds is 5. The van der Waals surface area contributed by atoms with Crippen LogP contribution >= 0.6 is 11.3 Å². The SMILES string of the molecule is c1ccc(-c2ccc3c(c2)c2ccccc2n3-c2cc(-c3nc(-c4ccccc4)nc(-c4ccccc4)n3)cc3c2sc2ccccc23)cc1. The van der Waals surface area contributed by atoms with Crippen LogP contribution in [0.25, 0.3) is 93.0 Å². The number of hydrogen-bond donors (Lipinski definition) is 0. The summed E-state index contributed by atoms with van der Waals surface area (Å²) in [6.07, 6.45) is 0. The first-order valence-electron chi connectivity index (χ1n) is 16.7. The molecule has 50 heavy (non-hydrogen) atoms. The third-order valence-electron chi connectivity index (χ3n) is 9.44. The summed E-state index contributed by atoms with van der Waals surface area (Å²) in [5, 5.41) is 4.86. The molecule has 3 aromatic heterocycles. The highest BCUT2D eigenvalue weighted by Crippen LogP contribution is 2.43. The van der Waals surface area contributed by atoms with Crippen molar-refractivity contribution in [3.05, 3.63) is 170 Å². The molecule has 4 nitrogen and oxygen atoms in total. The fourth-order valence-corrected chi connectivity index (χ4v) is 8.27. The highest BCUT2D eigenvalue weighted by Gasteiger charge is 2.20. The van der Waals surface area contributed by atoms with Gasteiger partial charge < -0.3 is 4.57 Å². The van der Waals surface area contributed by atoms with Crippen LogP contribution in [0.15, 0.2) is 170 Å². The van der Waals surface area contributed by atoms with Gasteiger partial charge in [0.1, 0.15) is 0 Å². The quantitative estimate of drug-likeness (QED) is 0.185. The molecular formula is C45H28N4S. The van der Waals surface area contributed by atoms with Gasteiger partial charge in [0.2, 0.25) is 0 Å². The van der Waals surface area contributed by atoms with Gasteiger partial charge in [-0.3, -0.25) is 0 Å². The lowest BCUT2D eigenvalue weighted by molar-refractivity contribution is 1.07. The van der Waals surface area contributed by atoms with Gasteiger partial charge >= 0.3 is 0 Å². The Morgan fingerprint density at radius 1 is 0.360 bits per heavy atom. The summed E-state index contributed by atoms with van der Waals surface area (Å²) in [6.45, 7) is 0. The number of aromatic nitrogens is 4. The van der Waals surface area contributed by atoms with Gasteiger partial charge in [-0.25, -0.2) is 15.0 Å². The van der Waals surface area contributed by atoms with Gasteiger partial charge in [-0.15, -0.1) is 11.3 Å². The Morgan fingerprint density at radius 2 is 0.880 bits per heavy atom. The number of hydrogen-bond acceptors (Lipinski definition) is 4. The van der Waals surface area contributed by atoms with Crippen LogP contribution in [0.4, 0.5) is 0 Å². The number of benzene rings is 7. The summed E-state index contributed by atoms with van der Waals surface area (Å²) in [7, 11) is 0. The average molecular weight is 657 g/mol. The zero-order valence-corrected chi connectivity index (χ0v) is 27.7. The van der Waals surface area contributed by atoms with E-state index >= 15 is 0 Å². The van der Waals surface area contributed by atoms with Crippen LogP contribution in [-0.4, -0.2) is 19.5 Å². The van der Waals surface area contributed by atoms with Gasteiger partial charge in [0.15, 0.2) is 17.5 Å². The van der Waals surface area contributed by atoms with Crippen molar-refractivity contribution in [2.75, 3.05) is 0 Å². The molecule has 0 N–H and O–H groups in total. The van der Waals surface area contributed by atoms with Crippen LogP contribution in [0.3, 0.4) is 0 Å². The van der Waals surface area contributed by atoms with Crippen molar-refractivity contribution < 1.29 is 0 Å². The highest BCUT2D eigenvalue weighted by atomic mass is 32.1. The van der Waals surface area contributed by atoms with Gasteiger partial charge in [0, 0.05) is 42.9 Å². The maximum Gasteiger partial charge on any atom is 0.164 e. The standard InChI is InChI=1S/C45H28N4S/c1-4-14-29(15-5-1)32-24-25-39-36(26-32)34-20-10-12-22-38(34)49(39)40-28-33(27-37-35-21-11-13-23-41(35)50-42(37)40)45-47-43(30-16-6-2-7-17-30)46-44(48-45)31-18-8-3-9-19-31/h1-28H. The van der Waals surface area contributed by atoms with Crippen molar-refractivity contribution in [2.24, 2.45) is 0 Å². The van der Waals surface area contributed by atoms with Crippen LogP contribution in [0, 0.1) is 0 Å². The Bertz CT molecular complexity index is 2800. The Kier molecular flexibility index (Phi) is 6.64. The van der Waals surface area contributed by atoms with Crippen LogP contribution in [0.2, 0.25) is 0 Å². The molecule has 0 radical (unpaired) electrons. The van der Waals surface area contributed by atoms with Crippen molar-refractivity contribution in [1.82, 2.24) is 19.5 Å². The van der Waals surface area contributed by atoms with Crippen LogP contribution in [-0.2, 0) is 0 Å². The third-order valence-corrected chi connectivity index (χ3v) is 10.6. The summed E-state index contributed by atoms with van der Waals surface area (Å²) in [5.41, 5.74) is 8.69. The van der Waals surface area contributed by atoms with E-state index < -0.39 is 0 Å². The lowest BCUT2D eigenvalue weighted by Crippen LogP contribution is -2.01. The molecule has 0 aliphatic rings. The molecule has 234 valence electrons. The smallest absolute Gasteiger partial charge is 0.164 e. The lowest BCUT2D eigenvalue weighted by Gasteiger charge is -2.13. The number of para-hydroxylation sites is 1. The molecule has 0 amide bonds. The van der Waals surface area contributed by atoms with Gasteiger partial charge in [-0.2, -0.15) is 0 Å². The normalized spacial score (nSPS) is 11.6. The van der Waals surface area contributed by atoms with Crippen LogP contribution < -0.4 is 0 Å². The highest BCUT2D eigenvalue weighted by molar-refractivity contribution is 7.26. The Labute approximate surface area is 292 Å². The number of thiophene rings is 1. The summed E-state index contributed by atoms with van der Waals surface area (Å²) < 4.78 is 4.90. The molecule has 0 fully saturated rings. The molecule has 0 saturated carbocycles. The summed E-state index contributed by atoms with van der Waals surface area (Å²) in [4.78, 5) is 15.2. The molecule has 0 unspecified atom stereocenters. The van der Waals surface area contributed by atoms with E-state index in [1.807, 2.05) is 47.7 Å². The predicted molar refractivity (Wildman–Crippen MR) is 209 cm³/mol. The zero-order valence-electron chi connectivity index (χ0n) is 26.9. The van der Waals surface area contributed by atoms with Crippen LogP contribution in [0.5, 0.6) is 0 Å². The van der Waals surface area contributed by atoms with E-state index in [4.69, 9.17) is 15.0 Å². The first-order valence-corrected chi connectivity index (χ1v) is 17.5. The molecule has 10 aromatic rings. The molecule has 0 saturated heterocycles. The Morgan fingerprint density at radius 3 is 1.56 bits per heavy atom. The Hall–Kier alpha value is -6.43. The van der Waals surface area contributed by atoms with Crippen molar-refractivity contribution in [2.45, 2.75) is 0 Å². The summed E-state index contributed by atoms with van der Waals surface area (Å²) in [6, 6.07) is 59.7. The second kappa shape index (κ2) is 11.6. The molecule has 3 heterocycles. The lowest BCUT2D eigenvalue weighted by atomic mass is 10.0. The predicted octanol–water partition coefficient (Wildman–Crippen LogP) is 12.0. The molecule has 0 bridgehead atoms. The zero-order chi connectivity index (χ0) is 33.0. The van der Waals surface area contributed by atoms with E-state index in [1.54, 1.807) is 0 Å². The molecule has 7 aromatic carbocycles. The van der Waals surface area contributed by atoms with Crippen LogP contribution in [0.1, 0.15) is 0 Å². The first kappa shape index (κ1) is 28.6. The van der Waals surface area contributed by atoms with Crippen molar-refractivity contribution in [3.63, 3.8) is 0 Å². The second-order valence-corrected chi connectivity index (χ2v) is 13.5. The third kappa shape index (κ3) is 4.71. The molecule has 5 heteroatoms. The minimum absolute atomic E-state index is 0.642. The van der Waals surface area contributed by atoms with Crippen molar-refractivity contribution in [3.8, 4) is 51.0 Å². The molecule has 0 atom stereocenters. The fraction of sp³-hybridized carbons (Fsp3) is 0. The van der Waals surface area contributed by atoms with E-state index in [0.717, 1.165) is 33.4 Å². The van der Waals surface area contributed by atoms with E-state index in [1.165, 1.54) is 42.1 Å². The maximum absolute atomic E-state index is 5.13. The van der Waals surface area contributed by atoms with E-state index in [9.17, 15) is 0 Å². The molecule has 0 aliphatic carbocycles. The second-order valence-electron chi connectivity index (χ2n) is 12.5. The summed E-state index contributed by atoms with van der Waals surface area (Å²) >= 11 is 1.83. The molecule has 0 spiro atoms. The van der Waals surface area contributed by atoms with E-state index in [0.29, 0.717) is 17.5 Å². The van der Waals surface area contributed by atoms with E-state index in [2.05, 4.69) is 138 Å². The fourth-order valence-electron chi connectivity index (χ4n) is 7.08. The first-order chi connectivity index (χ1) is 24.8. The van der Waals surface area contributed by atoms with Gasteiger partial charge in [-0.1, -0.05) is 133 Å². The van der Waals surface area contributed by atoms with Gasteiger partial charge in [0.05, 0.1) is 21.4 Å². The van der Waals surface area contributed by atoms with Gasteiger partial charge in [0.25, 0.3) is 0 Å². The minimum Gasteiger partial charge on any atom is -0.308 e. The monoisotopic (exact) mass is 656 g/mol. The van der Waals surface area contributed by atoms with E-state index in [-0.39, 0.29) is 0 Å². The maximum atomic E-state index is 5.13. The van der Waals surface area contributed by atoms with Crippen molar-refractivity contribution >= 4 is 53.3 Å². The number of nitrogens with zero attached hydrogens (tertiary/aromatic N) is 4. The topological polar surface area (TPSA) is 43.6 Å². The average Bonchev–Trinajstić information content (AvgIpc) is 3.74. The molecular weight excluding hydrogens is 629 g/mol. The number of fused-ring (bicyclic) bond motifs is 6. The minimum atomic E-state index is 0.642. The molecule has 0 aliphatic heterocycles. The summed E-state index contributed by atoms with van der Waals surface area (Å²) in [5.74, 6) is 1.94. The van der Waals surface area contributed by atoms with Gasteiger partial charge in [-0.05, 0) is 47.5 Å².